The fraction of sp³-hybridized carbons (Fsp3) is 0.0714. The Morgan fingerprint density at radius 2 is 2.05 bits per heavy atom. The number of pyridine rings is 1. The van der Waals surface area contributed by atoms with Gasteiger partial charge in [-0.2, -0.15) is 5.10 Å². The van der Waals surface area contributed by atoms with E-state index in [4.69, 9.17) is 5.73 Å². The summed E-state index contributed by atoms with van der Waals surface area (Å²) in [5, 5.41) is 7.13. The third kappa shape index (κ3) is 2.60. The second kappa shape index (κ2) is 4.89. The molecule has 3 rings (SSSR count). The van der Waals surface area contributed by atoms with Gasteiger partial charge in [0.15, 0.2) is 5.82 Å². The van der Waals surface area contributed by atoms with Crippen LogP contribution in [0, 0.1) is 0 Å². The molecular formula is C14H13N5. The fourth-order valence-electron chi connectivity index (χ4n) is 1.86. The lowest BCUT2D eigenvalue weighted by atomic mass is 10.2. The summed E-state index contributed by atoms with van der Waals surface area (Å²) >= 11 is 0. The van der Waals surface area contributed by atoms with Gasteiger partial charge < -0.3 is 5.73 Å². The van der Waals surface area contributed by atoms with E-state index in [0.717, 1.165) is 17.1 Å². The number of aromatic amines is 1. The van der Waals surface area contributed by atoms with Crippen LogP contribution in [0.15, 0.2) is 48.7 Å². The Bertz CT molecular complexity index is 675. The molecule has 19 heavy (non-hydrogen) atoms. The zero-order chi connectivity index (χ0) is 13.1. The number of benzene rings is 1. The molecular weight excluding hydrogens is 238 g/mol. The van der Waals surface area contributed by atoms with Gasteiger partial charge in [-0.25, -0.2) is 4.98 Å². The number of anilines is 1. The lowest BCUT2D eigenvalue weighted by Gasteiger charge is -1.96. The van der Waals surface area contributed by atoms with Crippen molar-refractivity contribution in [2.45, 2.75) is 6.42 Å². The van der Waals surface area contributed by atoms with Crippen molar-refractivity contribution < 1.29 is 0 Å². The summed E-state index contributed by atoms with van der Waals surface area (Å²) in [5.41, 5.74) is 8.32. The molecule has 0 saturated carbocycles. The molecule has 0 unspecified atom stereocenters. The van der Waals surface area contributed by atoms with Crippen molar-refractivity contribution in [1.82, 2.24) is 20.2 Å². The number of hydrogen-bond acceptors (Lipinski definition) is 4. The van der Waals surface area contributed by atoms with E-state index in [2.05, 4.69) is 20.2 Å². The number of nitrogens with zero attached hydrogens (tertiary/aromatic N) is 3. The van der Waals surface area contributed by atoms with Crippen molar-refractivity contribution in [3.63, 3.8) is 0 Å². The highest BCUT2D eigenvalue weighted by Gasteiger charge is 2.07. The fourth-order valence-corrected chi connectivity index (χ4v) is 1.86. The number of aromatic nitrogens is 4. The SMILES string of the molecule is Nc1cccc(-c2n[nH]c(Cc3ccccn3)n2)c1. The Balaban J connectivity index is 1.84. The summed E-state index contributed by atoms with van der Waals surface area (Å²) in [4.78, 5) is 8.72. The standard InChI is InChI=1S/C14H13N5/c15-11-5-3-4-10(8-11)14-17-13(18-19-14)9-12-6-1-2-7-16-12/h1-8H,9,15H2,(H,17,18,19). The van der Waals surface area contributed by atoms with Crippen LogP contribution < -0.4 is 5.73 Å². The van der Waals surface area contributed by atoms with Crippen LogP contribution in [-0.2, 0) is 6.42 Å². The molecule has 0 bridgehead atoms. The molecule has 0 spiro atoms. The molecule has 2 aromatic heterocycles. The summed E-state index contributed by atoms with van der Waals surface area (Å²) in [6.07, 6.45) is 2.40. The van der Waals surface area contributed by atoms with Crippen molar-refractivity contribution in [3.05, 3.63) is 60.2 Å². The minimum atomic E-state index is 0.635. The number of nitrogens with two attached hydrogens (primary N) is 1. The second-order valence-corrected chi connectivity index (χ2v) is 4.23. The maximum Gasteiger partial charge on any atom is 0.181 e. The van der Waals surface area contributed by atoms with Gasteiger partial charge in [0.05, 0.1) is 0 Å². The van der Waals surface area contributed by atoms with Crippen LogP contribution in [0.2, 0.25) is 0 Å². The molecule has 1 aromatic carbocycles. The molecule has 0 fully saturated rings. The molecule has 0 saturated heterocycles. The first-order valence-electron chi connectivity index (χ1n) is 5.98. The van der Waals surface area contributed by atoms with Gasteiger partial charge >= 0.3 is 0 Å². The molecule has 2 heterocycles. The van der Waals surface area contributed by atoms with E-state index in [1.807, 2.05) is 42.5 Å². The molecule has 3 N–H and O–H groups in total. The number of nitrogens with one attached hydrogen (secondary N) is 1. The Kier molecular flexibility index (Phi) is 2.94. The predicted octanol–water partition coefficient (Wildman–Crippen LogP) is 2.04. The van der Waals surface area contributed by atoms with Crippen molar-refractivity contribution in [1.29, 1.82) is 0 Å². The molecule has 5 heteroatoms. The van der Waals surface area contributed by atoms with Crippen LogP contribution in [0.4, 0.5) is 5.69 Å². The maximum absolute atomic E-state index is 5.75. The summed E-state index contributed by atoms with van der Waals surface area (Å²) in [5.74, 6) is 1.44. The quantitative estimate of drug-likeness (QED) is 0.698. The summed E-state index contributed by atoms with van der Waals surface area (Å²) < 4.78 is 0. The number of rotatable bonds is 3. The lowest BCUT2D eigenvalue weighted by molar-refractivity contribution is 0.942. The first-order chi connectivity index (χ1) is 9.31. The molecule has 0 aliphatic rings. The van der Waals surface area contributed by atoms with Crippen molar-refractivity contribution in [3.8, 4) is 11.4 Å². The Morgan fingerprint density at radius 3 is 2.84 bits per heavy atom. The van der Waals surface area contributed by atoms with Gasteiger partial charge in [-0.15, -0.1) is 0 Å². The summed E-state index contributed by atoms with van der Waals surface area (Å²) in [6, 6.07) is 13.3. The lowest BCUT2D eigenvalue weighted by Crippen LogP contribution is -1.93. The first kappa shape index (κ1) is 11.4. The molecule has 0 aliphatic heterocycles. The third-order valence-electron chi connectivity index (χ3n) is 2.75. The summed E-state index contributed by atoms with van der Waals surface area (Å²) in [7, 11) is 0. The summed E-state index contributed by atoms with van der Waals surface area (Å²) in [6.45, 7) is 0. The highest BCUT2D eigenvalue weighted by Crippen LogP contribution is 2.17. The zero-order valence-electron chi connectivity index (χ0n) is 10.2. The van der Waals surface area contributed by atoms with Gasteiger partial charge in [-0.05, 0) is 24.3 Å². The number of nitrogen functional groups attached to an aromatic ring is 1. The largest absolute Gasteiger partial charge is 0.399 e. The molecule has 94 valence electrons. The predicted molar refractivity (Wildman–Crippen MR) is 73.3 cm³/mol. The topological polar surface area (TPSA) is 80.5 Å². The highest BCUT2D eigenvalue weighted by molar-refractivity contribution is 5.60. The highest BCUT2D eigenvalue weighted by atomic mass is 15.2. The van der Waals surface area contributed by atoms with E-state index >= 15 is 0 Å². The van der Waals surface area contributed by atoms with Crippen molar-refractivity contribution in [2.24, 2.45) is 0 Å². The van der Waals surface area contributed by atoms with E-state index in [1.165, 1.54) is 0 Å². The van der Waals surface area contributed by atoms with Crippen molar-refractivity contribution in [2.75, 3.05) is 5.73 Å². The average molecular weight is 251 g/mol. The van der Waals surface area contributed by atoms with Gasteiger partial charge in [-0.1, -0.05) is 18.2 Å². The van der Waals surface area contributed by atoms with Crippen LogP contribution in [-0.4, -0.2) is 20.2 Å². The average Bonchev–Trinajstić information content (AvgIpc) is 2.88. The Labute approximate surface area is 110 Å². The molecule has 0 radical (unpaired) electrons. The molecule has 0 amide bonds. The van der Waals surface area contributed by atoms with Crippen LogP contribution in [0.25, 0.3) is 11.4 Å². The first-order valence-corrected chi connectivity index (χ1v) is 5.98. The Morgan fingerprint density at radius 1 is 1.11 bits per heavy atom. The van der Waals surface area contributed by atoms with E-state index in [0.29, 0.717) is 17.9 Å². The minimum absolute atomic E-state index is 0.635. The van der Waals surface area contributed by atoms with Gasteiger partial charge in [0, 0.05) is 29.6 Å². The molecule has 3 aromatic rings. The van der Waals surface area contributed by atoms with Crippen LogP contribution >= 0.6 is 0 Å². The number of H-pyrrole nitrogens is 1. The van der Waals surface area contributed by atoms with Gasteiger partial charge in [0.1, 0.15) is 5.82 Å². The minimum Gasteiger partial charge on any atom is -0.399 e. The monoisotopic (exact) mass is 251 g/mol. The van der Waals surface area contributed by atoms with Crippen LogP contribution in [0.5, 0.6) is 0 Å². The van der Waals surface area contributed by atoms with E-state index in [-0.39, 0.29) is 0 Å². The van der Waals surface area contributed by atoms with Crippen LogP contribution in [0.1, 0.15) is 11.5 Å². The molecule has 5 nitrogen and oxygen atoms in total. The van der Waals surface area contributed by atoms with Gasteiger partial charge in [-0.3, -0.25) is 10.1 Å². The van der Waals surface area contributed by atoms with Gasteiger partial charge in [0.25, 0.3) is 0 Å². The normalized spacial score (nSPS) is 10.5. The smallest absolute Gasteiger partial charge is 0.181 e. The number of hydrogen-bond donors (Lipinski definition) is 2. The maximum atomic E-state index is 5.75. The van der Waals surface area contributed by atoms with E-state index in [9.17, 15) is 0 Å². The van der Waals surface area contributed by atoms with E-state index < -0.39 is 0 Å². The second-order valence-electron chi connectivity index (χ2n) is 4.23. The third-order valence-corrected chi connectivity index (χ3v) is 2.75. The van der Waals surface area contributed by atoms with E-state index in [1.54, 1.807) is 6.20 Å². The molecule has 0 aliphatic carbocycles. The van der Waals surface area contributed by atoms with Crippen molar-refractivity contribution >= 4 is 5.69 Å². The zero-order valence-corrected chi connectivity index (χ0v) is 10.2. The Hall–Kier alpha value is -2.69. The van der Waals surface area contributed by atoms with Crippen LogP contribution in [0.3, 0.4) is 0 Å². The van der Waals surface area contributed by atoms with Gasteiger partial charge in [0.2, 0.25) is 0 Å². The molecule has 0 atom stereocenters.